The summed E-state index contributed by atoms with van der Waals surface area (Å²) >= 11 is 5.35. The fraction of sp³-hybridized carbons (Fsp3) is 0.462. The summed E-state index contributed by atoms with van der Waals surface area (Å²) in [5, 5.41) is 9.91. The zero-order chi connectivity index (χ0) is 14.1. The van der Waals surface area contributed by atoms with Crippen molar-refractivity contribution in [3.63, 3.8) is 0 Å². The smallest absolute Gasteiger partial charge is 0.217 e. The number of rotatable bonds is 9. The highest BCUT2D eigenvalue weighted by molar-refractivity contribution is 6.13. The van der Waals surface area contributed by atoms with Gasteiger partial charge in [-0.15, -0.1) is 0 Å². The average Bonchev–Trinajstić information content (AvgIpc) is 2.41. The number of carbonyl (C=O) groups is 1. The number of hydrogen-bond acceptors (Lipinski definition) is 4. The van der Waals surface area contributed by atoms with Crippen LogP contribution in [0.1, 0.15) is 30.9 Å². The van der Waals surface area contributed by atoms with Crippen molar-refractivity contribution in [2.75, 3.05) is 13.2 Å². The van der Waals surface area contributed by atoms with Crippen molar-refractivity contribution in [1.82, 2.24) is 4.84 Å². The number of nitrogens with two attached hydrogens (primary N) is 1. The molecule has 4 N–H and O–H groups in total. The highest BCUT2D eigenvalue weighted by Crippen LogP contribution is 2.21. The number of ether oxygens (including phenoxy) is 1. The van der Waals surface area contributed by atoms with E-state index in [9.17, 15) is 9.90 Å². The summed E-state index contributed by atoms with van der Waals surface area (Å²) in [6.45, 7) is 0.943. The first-order valence-electron chi connectivity index (χ1n) is 6.16. The summed E-state index contributed by atoms with van der Waals surface area (Å²) in [5.74, 6) is 0.334. The normalized spacial score (nSPS) is 12.1. The van der Waals surface area contributed by atoms with E-state index < -0.39 is 6.10 Å². The number of primary amides is 1. The van der Waals surface area contributed by atoms with E-state index in [1.165, 1.54) is 0 Å². The molecule has 1 rings (SSSR count). The second kappa shape index (κ2) is 8.74. The first-order chi connectivity index (χ1) is 9.13. The SMILES string of the molecule is NC(=O)CCCOc1cccc(C(O)CCNCl)c1. The molecule has 1 amide bonds. The van der Waals surface area contributed by atoms with Crippen LogP contribution in [0.5, 0.6) is 5.75 Å². The fourth-order valence-corrected chi connectivity index (χ4v) is 1.72. The minimum atomic E-state index is -0.583. The number of carbonyl (C=O) groups excluding carboxylic acids is 1. The van der Waals surface area contributed by atoms with E-state index in [0.717, 1.165) is 5.56 Å². The highest BCUT2D eigenvalue weighted by atomic mass is 35.5. The zero-order valence-electron chi connectivity index (χ0n) is 10.6. The van der Waals surface area contributed by atoms with Crippen LogP contribution in [0.2, 0.25) is 0 Å². The molecule has 0 aliphatic carbocycles. The van der Waals surface area contributed by atoms with E-state index >= 15 is 0 Å². The Hall–Kier alpha value is -1.30. The average molecular weight is 287 g/mol. The molecule has 0 saturated heterocycles. The molecule has 6 heteroatoms. The molecule has 1 aromatic carbocycles. The first-order valence-corrected chi connectivity index (χ1v) is 6.54. The predicted octanol–water partition coefficient (Wildman–Crippen LogP) is 1.50. The van der Waals surface area contributed by atoms with E-state index in [4.69, 9.17) is 22.2 Å². The van der Waals surface area contributed by atoms with Crippen molar-refractivity contribution in [2.45, 2.75) is 25.4 Å². The summed E-state index contributed by atoms with van der Waals surface area (Å²) < 4.78 is 5.49. The maximum absolute atomic E-state index is 10.6. The number of aliphatic hydroxyl groups excluding tert-OH is 1. The van der Waals surface area contributed by atoms with E-state index in [1.807, 2.05) is 12.1 Å². The molecule has 0 spiro atoms. The van der Waals surface area contributed by atoms with E-state index in [2.05, 4.69) is 4.84 Å². The lowest BCUT2D eigenvalue weighted by atomic mass is 10.1. The molecule has 19 heavy (non-hydrogen) atoms. The molecule has 0 bridgehead atoms. The molecule has 0 fully saturated rings. The van der Waals surface area contributed by atoms with Gasteiger partial charge in [-0.2, -0.15) is 0 Å². The third kappa shape index (κ3) is 6.42. The van der Waals surface area contributed by atoms with Gasteiger partial charge in [-0.3, -0.25) is 4.79 Å². The van der Waals surface area contributed by atoms with Crippen molar-refractivity contribution in [2.24, 2.45) is 5.73 Å². The lowest BCUT2D eigenvalue weighted by Gasteiger charge is -2.12. The summed E-state index contributed by atoms with van der Waals surface area (Å²) in [7, 11) is 0. The van der Waals surface area contributed by atoms with Crippen LogP contribution in [-0.4, -0.2) is 24.2 Å². The number of hydrogen-bond donors (Lipinski definition) is 3. The van der Waals surface area contributed by atoms with Crippen LogP contribution in [0.4, 0.5) is 0 Å². The Bertz CT molecular complexity index is 401. The van der Waals surface area contributed by atoms with Gasteiger partial charge in [0.25, 0.3) is 0 Å². The molecule has 0 saturated carbocycles. The highest BCUT2D eigenvalue weighted by Gasteiger charge is 2.08. The minimum Gasteiger partial charge on any atom is -0.494 e. The molecule has 0 heterocycles. The van der Waals surface area contributed by atoms with Gasteiger partial charge in [0.2, 0.25) is 5.91 Å². The lowest BCUT2D eigenvalue weighted by Crippen LogP contribution is -2.12. The van der Waals surface area contributed by atoms with Crippen LogP contribution in [0.25, 0.3) is 0 Å². The van der Waals surface area contributed by atoms with Gasteiger partial charge in [0.1, 0.15) is 5.75 Å². The fourth-order valence-electron chi connectivity index (χ4n) is 1.61. The largest absolute Gasteiger partial charge is 0.494 e. The molecule has 5 nitrogen and oxygen atoms in total. The molecule has 1 atom stereocenters. The topological polar surface area (TPSA) is 84.6 Å². The van der Waals surface area contributed by atoms with Gasteiger partial charge in [-0.1, -0.05) is 12.1 Å². The zero-order valence-corrected chi connectivity index (χ0v) is 11.4. The summed E-state index contributed by atoms with van der Waals surface area (Å²) in [6, 6.07) is 7.23. The molecule has 0 aliphatic rings. The van der Waals surface area contributed by atoms with Crippen LogP contribution in [0, 0.1) is 0 Å². The molecule has 0 radical (unpaired) electrons. The van der Waals surface area contributed by atoms with Crippen LogP contribution >= 0.6 is 11.8 Å². The van der Waals surface area contributed by atoms with Crippen LogP contribution in [0.15, 0.2) is 24.3 Å². The van der Waals surface area contributed by atoms with Crippen molar-refractivity contribution >= 4 is 17.7 Å². The molecular weight excluding hydrogens is 268 g/mol. The summed E-state index contributed by atoms with van der Waals surface area (Å²) in [6.07, 6.45) is 0.830. The Morgan fingerprint density at radius 1 is 1.53 bits per heavy atom. The number of benzene rings is 1. The maximum Gasteiger partial charge on any atom is 0.217 e. The second-order valence-electron chi connectivity index (χ2n) is 4.18. The van der Waals surface area contributed by atoms with Gasteiger partial charge in [-0.05, 0) is 42.3 Å². The third-order valence-electron chi connectivity index (χ3n) is 2.59. The van der Waals surface area contributed by atoms with Crippen molar-refractivity contribution in [3.05, 3.63) is 29.8 Å². The van der Waals surface area contributed by atoms with Gasteiger partial charge in [0.15, 0.2) is 0 Å². The Kier molecular flexibility index (Phi) is 7.25. The first kappa shape index (κ1) is 15.8. The molecule has 1 unspecified atom stereocenters. The minimum absolute atomic E-state index is 0.309. The molecule has 106 valence electrons. The van der Waals surface area contributed by atoms with Gasteiger partial charge in [-0.25, -0.2) is 4.84 Å². The van der Waals surface area contributed by atoms with Gasteiger partial charge in [0.05, 0.1) is 12.7 Å². The number of nitrogens with one attached hydrogen (secondary N) is 1. The third-order valence-corrected chi connectivity index (χ3v) is 2.78. The Morgan fingerprint density at radius 3 is 3.00 bits per heavy atom. The van der Waals surface area contributed by atoms with Crippen molar-refractivity contribution in [1.29, 1.82) is 0 Å². The number of halogens is 1. The Balaban J connectivity index is 2.45. The van der Waals surface area contributed by atoms with Crippen LogP contribution < -0.4 is 15.3 Å². The monoisotopic (exact) mass is 286 g/mol. The van der Waals surface area contributed by atoms with E-state index in [-0.39, 0.29) is 5.91 Å². The van der Waals surface area contributed by atoms with Crippen LogP contribution in [-0.2, 0) is 4.79 Å². The van der Waals surface area contributed by atoms with E-state index in [1.54, 1.807) is 12.1 Å². The Labute approximate surface area is 117 Å². The molecule has 0 aromatic heterocycles. The standard InChI is InChI=1S/C13H19ClN2O3/c14-16-7-6-12(17)10-3-1-4-11(9-10)19-8-2-5-13(15)18/h1,3-4,9,12,16-17H,2,5-8H2,(H2,15,18). The van der Waals surface area contributed by atoms with Gasteiger partial charge < -0.3 is 15.6 Å². The summed E-state index contributed by atoms with van der Waals surface area (Å²) in [5.41, 5.74) is 5.82. The van der Waals surface area contributed by atoms with Gasteiger partial charge in [0, 0.05) is 13.0 Å². The van der Waals surface area contributed by atoms with Gasteiger partial charge >= 0.3 is 0 Å². The second-order valence-corrected chi connectivity index (χ2v) is 4.45. The Morgan fingerprint density at radius 2 is 2.32 bits per heavy atom. The quantitative estimate of drug-likeness (QED) is 0.474. The predicted molar refractivity (Wildman–Crippen MR) is 73.8 cm³/mol. The number of amides is 1. The molecule has 0 aliphatic heterocycles. The number of aliphatic hydroxyl groups is 1. The summed E-state index contributed by atoms with van der Waals surface area (Å²) in [4.78, 5) is 13.0. The molecular formula is C13H19ClN2O3. The lowest BCUT2D eigenvalue weighted by molar-refractivity contribution is -0.118. The van der Waals surface area contributed by atoms with Crippen LogP contribution in [0.3, 0.4) is 0 Å². The maximum atomic E-state index is 10.6. The molecule has 1 aromatic rings. The van der Waals surface area contributed by atoms with Crippen molar-refractivity contribution < 1.29 is 14.6 Å². The van der Waals surface area contributed by atoms with E-state index in [0.29, 0.717) is 38.2 Å². The van der Waals surface area contributed by atoms with Crippen molar-refractivity contribution in [3.8, 4) is 5.75 Å².